The van der Waals surface area contributed by atoms with Gasteiger partial charge in [0.1, 0.15) is 17.0 Å². The molecule has 0 radical (unpaired) electrons. The summed E-state index contributed by atoms with van der Waals surface area (Å²) >= 11 is 0. The van der Waals surface area contributed by atoms with Gasteiger partial charge in [-0.2, -0.15) is 18.3 Å². The largest absolute Gasteiger partial charge is 0.494 e. The first-order chi connectivity index (χ1) is 21.6. The molecule has 2 fully saturated rings. The van der Waals surface area contributed by atoms with Crippen molar-refractivity contribution in [1.29, 1.82) is 0 Å². The summed E-state index contributed by atoms with van der Waals surface area (Å²) in [5.74, 6) is -0.623. The Bertz CT molecular complexity index is 1760. The zero-order valence-electron chi connectivity index (χ0n) is 24.4. The number of amides is 4. The number of methoxy groups -OCH3 is 1. The average molecular weight is 621 g/mol. The Kier molecular flexibility index (Phi) is 8.19. The van der Waals surface area contributed by atoms with E-state index in [1.165, 1.54) is 19.2 Å². The van der Waals surface area contributed by atoms with E-state index in [1.807, 2.05) is 41.2 Å². The van der Waals surface area contributed by atoms with Crippen molar-refractivity contribution in [2.24, 2.45) is 0 Å². The number of urea groups is 1. The zero-order valence-corrected chi connectivity index (χ0v) is 24.4. The van der Waals surface area contributed by atoms with E-state index in [-0.39, 0.29) is 23.9 Å². The molecule has 2 N–H and O–H groups in total. The minimum Gasteiger partial charge on any atom is -0.494 e. The molecule has 4 amide bonds. The smallest absolute Gasteiger partial charge is 0.416 e. The van der Waals surface area contributed by atoms with Crippen LogP contribution in [-0.4, -0.2) is 59.3 Å². The lowest BCUT2D eigenvalue weighted by atomic mass is 10.0. The van der Waals surface area contributed by atoms with Gasteiger partial charge in [0.05, 0.1) is 18.7 Å². The van der Waals surface area contributed by atoms with Crippen LogP contribution in [0.15, 0.2) is 66.9 Å². The molecule has 2 aliphatic heterocycles. The van der Waals surface area contributed by atoms with Gasteiger partial charge in [-0.05, 0) is 60.9 Å². The highest BCUT2D eigenvalue weighted by Crippen LogP contribution is 2.35. The molecule has 4 aromatic rings. The van der Waals surface area contributed by atoms with Crippen LogP contribution in [0.3, 0.4) is 0 Å². The molecule has 6 rings (SSSR count). The fourth-order valence-electron chi connectivity index (χ4n) is 5.82. The number of hydrogen-bond donors (Lipinski definition) is 2. The molecule has 234 valence electrons. The minimum absolute atomic E-state index is 0.104. The number of alkyl halides is 3. The summed E-state index contributed by atoms with van der Waals surface area (Å²) < 4.78 is 47.0. The summed E-state index contributed by atoms with van der Waals surface area (Å²) in [5, 5.41) is 10.6. The van der Waals surface area contributed by atoms with Crippen LogP contribution in [0.2, 0.25) is 0 Å². The number of piperidine rings is 1. The van der Waals surface area contributed by atoms with Crippen LogP contribution >= 0.6 is 0 Å². The second-order valence-corrected chi connectivity index (χ2v) is 11.2. The molecule has 0 atom stereocenters. The van der Waals surface area contributed by atoms with Crippen LogP contribution in [-0.2, 0) is 17.5 Å². The fraction of sp³-hybridized carbons (Fsp3) is 0.312. The molecule has 3 aromatic carbocycles. The summed E-state index contributed by atoms with van der Waals surface area (Å²) in [7, 11) is 1.45. The number of halogens is 3. The van der Waals surface area contributed by atoms with Gasteiger partial charge in [0, 0.05) is 55.4 Å². The first-order valence-corrected chi connectivity index (χ1v) is 14.6. The van der Waals surface area contributed by atoms with E-state index in [0.29, 0.717) is 30.0 Å². The normalized spacial score (nSPS) is 16.6. The summed E-state index contributed by atoms with van der Waals surface area (Å²) in [6, 6.07) is 15.2. The number of imide groups is 1. The van der Waals surface area contributed by atoms with Crippen LogP contribution < -0.4 is 20.3 Å². The first-order valence-electron chi connectivity index (χ1n) is 14.6. The molecule has 1 aromatic heterocycles. The number of aromatic nitrogens is 2. The number of nitrogens with one attached hydrogen (secondary N) is 2. The topological polar surface area (TPSA) is 109 Å². The van der Waals surface area contributed by atoms with Gasteiger partial charge >= 0.3 is 12.2 Å². The molecule has 2 saturated heterocycles. The number of rotatable bonds is 7. The number of fused-ring (bicyclic) bond motifs is 1. The highest BCUT2D eigenvalue weighted by molar-refractivity contribution is 6.10. The van der Waals surface area contributed by atoms with Crippen LogP contribution in [0.25, 0.3) is 10.9 Å². The van der Waals surface area contributed by atoms with Crippen molar-refractivity contribution >= 4 is 40.1 Å². The van der Waals surface area contributed by atoms with Gasteiger partial charge in [0.15, 0.2) is 0 Å². The number of likely N-dealkylation sites (tertiary alicyclic amines) is 1. The number of hydrogen-bond acceptors (Lipinski definition) is 6. The summed E-state index contributed by atoms with van der Waals surface area (Å²) in [4.78, 5) is 40.7. The molecule has 45 heavy (non-hydrogen) atoms. The Morgan fingerprint density at radius 3 is 2.56 bits per heavy atom. The van der Waals surface area contributed by atoms with E-state index in [4.69, 9.17) is 9.84 Å². The van der Waals surface area contributed by atoms with Crippen molar-refractivity contribution in [2.45, 2.75) is 38.0 Å². The number of anilines is 2. The van der Waals surface area contributed by atoms with E-state index < -0.39 is 23.7 Å². The molecule has 13 heteroatoms. The van der Waals surface area contributed by atoms with Crippen LogP contribution in [0.5, 0.6) is 5.75 Å². The Balaban J connectivity index is 1.14. The van der Waals surface area contributed by atoms with E-state index in [1.54, 1.807) is 11.0 Å². The third kappa shape index (κ3) is 6.48. The van der Waals surface area contributed by atoms with E-state index in [9.17, 15) is 27.6 Å². The quantitative estimate of drug-likeness (QED) is 0.279. The first kappa shape index (κ1) is 30.1. The van der Waals surface area contributed by atoms with Crippen molar-refractivity contribution in [3.8, 4) is 5.75 Å². The third-order valence-electron chi connectivity index (χ3n) is 8.18. The van der Waals surface area contributed by atoms with E-state index >= 15 is 0 Å². The predicted molar refractivity (Wildman–Crippen MR) is 161 cm³/mol. The molecule has 0 unspecified atom stereocenters. The van der Waals surface area contributed by atoms with Gasteiger partial charge in [0.2, 0.25) is 5.91 Å². The van der Waals surface area contributed by atoms with Gasteiger partial charge in [-0.25, -0.2) is 4.79 Å². The number of carbonyl (C=O) groups excluding carboxylic acids is 3. The van der Waals surface area contributed by atoms with Crippen LogP contribution in [0.4, 0.5) is 29.3 Å². The molecule has 0 bridgehead atoms. The monoisotopic (exact) mass is 620 g/mol. The highest BCUT2D eigenvalue weighted by atomic mass is 19.4. The highest BCUT2D eigenvalue weighted by Gasteiger charge is 2.31. The molecular weight excluding hydrogens is 589 g/mol. The second kappa shape index (κ2) is 12.2. The molecule has 10 nitrogen and oxygen atoms in total. The van der Waals surface area contributed by atoms with Crippen molar-refractivity contribution in [1.82, 2.24) is 20.0 Å². The number of nitrogens with zero attached hydrogens (tertiary/aromatic N) is 4. The number of benzene rings is 3. The van der Waals surface area contributed by atoms with Gasteiger partial charge in [-0.3, -0.25) is 29.4 Å². The second-order valence-electron chi connectivity index (χ2n) is 11.2. The summed E-state index contributed by atoms with van der Waals surface area (Å²) in [5.41, 5.74) is 1.56. The predicted octanol–water partition coefficient (Wildman–Crippen LogP) is 5.60. The maximum Gasteiger partial charge on any atom is 0.416 e. The Morgan fingerprint density at radius 2 is 1.82 bits per heavy atom. The maximum atomic E-state index is 13.2. The minimum atomic E-state index is -4.57. The Labute approximate surface area is 256 Å². The third-order valence-corrected chi connectivity index (χ3v) is 8.18. The lowest BCUT2D eigenvalue weighted by Crippen LogP contribution is -2.49. The standard InChI is InChI=1S/C32H31F3N6O4/c1-45-26-9-8-22-19-41(38-28(22)29(26)37-30(43)21-5-3-6-23(17-21)32(33,34)35)24-10-13-39(14-11-24)18-20-4-2-7-25(16-20)40-15-12-27(42)36-31(40)44/h2-9,16-17,19,24H,10-15,18H2,1H3,(H,37,43)(H,36,42,44). The van der Waals surface area contributed by atoms with Crippen molar-refractivity contribution in [3.63, 3.8) is 0 Å². The van der Waals surface area contributed by atoms with Crippen molar-refractivity contribution < 1.29 is 32.3 Å². The molecule has 0 aliphatic carbocycles. The van der Waals surface area contributed by atoms with Crippen molar-refractivity contribution in [3.05, 3.63) is 83.6 Å². The zero-order chi connectivity index (χ0) is 31.7. The van der Waals surface area contributed by atoms with Crippen LogP contribution in [0, 0.1) is 0 Å². The lowest BCUT2D eigenvalue weighted by Gasteiger charge is -2.32. The molecule has 2 aliphatic rings. The van der Waals surface area contributed by atoms with Crippen molar-refractivity contribution in [2.75, 3.05) is 37.0 Å². The van der Waals surface area contributed by atoms with Crippen LogP contribution in [0.1, 0.15) is 46.8 Å². The SMILES string of the molecule is COc1ccc2cn(C3CCN(Cc4cccc(N5CCC(=O)NC5=O)c4)CC3)nc2c1NC(=O)c1cccc(C(F)(F)F)c1. The fourth-order valence-corrected chi connectivity index (χ4v) is 5.82. The Hall–Kier alpha value is -4.91. The average Bonchev–Trinajstić information content (AvgIpc) is 3.46. The Morgan fingerprint density at radius 1 is 1.04 bits per heavy atom. The maximum absolute atomic E-state index is 13.2. The van der Waals surface area contributed by atoms with E-state index in [0.717, 1.165) is 54.7 Å². The van der Waals surface area contributed by atoms with Gasteiger partial charge in [-0.1, -0.05) is 18.2 Å². The van der Waals surface area contributed by atoms with E-state index in [2.05, 4.69) is 15.5 Å². The number of ether oxygens (including phenoxy) is 1. The lowest BCUT2D eigenvalue weighted by molar-refractivity contribution is -0.137. The summed E-state index contributed by atoms with van der Waals surface area (Å²) in [6.45, 7) is 2.68. The van der Waals surface area contributed by atoms with Gasteiger partial charge in [-0.15, -0.1) is 0 Å². The van der Waals surface area contributed by atoms with Gasteiger partial charge in [0.25, 0.3) is 5.91 Å². The molecule has 0 spiro atoms. The molecular formula is C32H31F3N6O4. The molecule has 3 heterocycles. The number of carbonyl (C=O) groups is 3. The summed E-state index contributed by atoms with van der Waals surface area (Å²) in [6.07, 6.45) is -0.740. The molecule has 0 saturated carbocycles. The van der Waals surface area contributed by atoms with Gasteiger partial charge < -0.3 is 10.1 Å².